The van der Waals surface area contributed by atoms with E-state index in [4.69, 9.17) is 4.74 Å². The lowest BCUT2D eigenvalue weighted by atomic mass is 10.1. The molecular weight excluding hydrogens is 244 g/mol. The molecule has 0 aromatic carbocycles. The van der Waals surface area contributed by atoms with E-state index in [1.54, 1.807) is 11.9 Å². The molecule has 0 fully saturated rings. The lowest BCUT2D eigenvalue weighted by Gasteiger charge is -2.28. The summed E-state index contributed by atoms with van der Waals surface area (Å²) < 4.78 is 5.14. The van der Waals surface area contributed by atoms with Gasteiger partial charge >= 0.3 is 6.09 Å². The van der Waals surface area contributed by atoms with Gasteiger partial charge in [-0.15, -0.1) is 0 Å². The Morgan fingerprint density at radius 3 is 2.21 bits per heavy atom. The van der Waals surface area contributed by atoms with Gasteiger partial charge in [0.25, 0.3) is 0 Å². The summed E-state index contributed by atoms with van der Waals surface area (Å²) in [5, 5.41) is 2.68. The third-order valence-corrected chi connectivity index (χ3v) is 2.98. The van der Waals surface area contributed by atoms with Crippen molar-refractivity contribution in [1.29, 1.82) is 0 Å². The minimum absolute atomic E-state index is 0.00831. The molecule has 0 spiro atoms. The van der Waals surface area contributed by atoms with Crippen molar-refractivity contribution in [3.8, 4) is 0 Å². The zero-order valence-corrected chi connectivity index (χ0v) is 13.2. The fourth-order valence-corrected chi connectivity index (χ4v) is 1.42. The van der Waals surface area contributed by atoms with E-state index in [1.807, 2.05) is 41.5 Å². The van der Waals surface area contributed by atoms with Gasteiger partial charge in [0, 0.05) is 25.6 Å². The van der Waals surface area contributed by atoms with Gasteiger partial charge in [-0.3, -0.25) is 4.79 Å². The Morgan fingerprint density at radius 1 is 1.26 bits per heavy atom. The van der Waals surface area contributed by atoms with E-state index in [0.717, 1.165) is 6.42 Å². The van der Waals surface area contributed by atoms with Crippen LogP contribution in [0.25, 0.3) is 0 Å². The van der Waals surface area contributed by atoms with Crippen LogP contribution >= 0.6 is 0 Å². The van der Waals surface area contributed by atoms with E-state index < -0.39 is 11.7 Å². The van der Waals surface area contributed by atoms with Crippen LogP contribution in [0.2, 0.25) is 0 Å². The average molecular weight is 272 g/mol. The van der Waals surface area contributed by atoms with Gasteiger partial charge < -0.3 is 15.0 Å². The SMILES string of the molecule is CCC(C)C(=O)N(C)C(C)CNC(=O)OC(C)(C)C. The molecule has 0 aromatic heterocycles. The third-order valence-electron chi connectivity index (χ3n) is 2.98. The molecule has 112 valence electrons. The maximum absolute atomic E-state index is 12.0. The highest BCUT2D eigenvalue weighted by Crippen LogP contribution is 2.09. The fraction of sp³-hybridized carbons (Fsp3) is 0.857. The average Bonchev–Trinajstić information content (AvgIpc) is 2.30. The molecule has 1 N–H and O–H groups in total. The van der Waals surface area contributed by atoms with E-state index in [9.17, 15) is 9.59 Å². The summed E-state index contributed by atoms with van der Waals surface area (Å²) in [5.74, 6) is 0.106. The smallest absolute Gasteiger partial charge is 0.407 e. The second-order valence-electron chi connectivity index (χ2n) is 5.99. The Labute approximate surface area is 116 Å². The van der Waals surface area contributed by atoms with Gasteiger partial charge in [0.15, 0.2) is 0 Å². The minimum atomic E-state index is -0.508. The quantitative estimate of drug-likeness (QED) is 0.836. The van der Waals surface area contributed by atoms with Gasteiger partial charge in [-0.25, -0.2) is 4.79 Å². The third kappa shape index (κ3) is 7.03. The highest BCUT2D eigenvalue weighted by Gasteiger charge is 2.21. The van der Waals surface area contributed by atoms with E-state index in [-0.39, 0.29) is 17.9 Å². The predicted octanol–water partition coefficient (Wildman–Crippen LogP) is 2.40. The molecule has 2 amide bonds. The van der Waals surface area contributed by atoms with E-state index >= 15 is 0 Å². The molecule has 0 aliphatic heterocycles. The summed E-state index contributed by atoms with van der Waals surface area (Å²) in [5.41, 5.74) is -0.508. The number of ether oxygens (including phenoxy) is 1. The number of nitrogens with one attached hydrogen (secondary N) is 1. The first-order chi connectivity index (χ1) is 8.58. The number of amides is 2. The van der Waals surface area contributed by atoms with Gasteiger partial charge in [0.2, 0.25) is 5.91 Å². The summed E-state index contributed by atoms with van der Waals surface area (Å²) in [6.07, 6.45) is 0.360. The standard InChI is InChI=1S/C14H28N2O3/c1-8-10(2)12(17)16(7)11(3)9-15-13(18)19-14(4,5)6/h10-11H,8-9H2,1-7H3,(H,15,18). The number of likely N-dealkylation sites (N-methyl/N-ethyl adjacent to an activating group) is 1. The normalized spacial score (nSPS) is 14.5. The van der Waals surface area contributed by atoms with Crippen molar-refractivity contribution in [2.75, 3.05) is 13.6 Å². The number of rotatable bonds is 5. The predicted molar refractivity (Wildman–Crippen MR) is 75.9 cm³/mol. The second kappa shape index (κ2) is 7.36. The monoisotopic (exact) mass is 272 g/mol. The van der Waals surface area contributed by atoms with Crippen LogP contribution in [0.1, 0.15) is 48.0 Å². The molecule has 0 saturated heterocycles. The summed E-state index contributed by atoms with van der Waals surface area (Å²) in [6.45, 7) is 11.6. The first-order valence-electron chi connectivity index (χ1n) is 6.82. The maximum atomic E-state index is 12.0. The van der Waals surface area contributed by atoms with Crippen molar-refractivity contribution in [2.24, 2.45) is 5.92 Å². The Morgan fingerprint density at radius 2 is 1.79 bits per heavy atom. The zero-order valence-electron chi connectivity index (χ0n) is 13.2. The summed E-state index contributed by atoms with van der Waals surface area (Å²) in [4.78, 5) is 25.2. The van der Waals surface area contributed by atoms with Crippen LogP contribution in [-0.4, -0.2) is 42.1 Å². The molecule has 0 heterocycles. The van der Waals surface area contributed by atoms with Gasteiger partial charge in [-0.2, -0.15) is 0 Å². The highest BCUT2D eigenvalue weighted by atomic mass is 16.6. The van der Waals surface area contributed by atoms with Crippen molar-refractivity contribution in [3.63, 3.8) is 0 Å². The van der Waals surface area contributed by atoms with Crippen LogP contribution in [0.15, 0.2) is 0 Å². The highest BCUT2D eigenvalue weighted by molar-refractivity contribution is 5.78. The van der Waals surface area contributed by atoms with Crippen LogP contribution < -0.4 is 5.32 Å². The van der Waals surface area contributed by atoms with E-state index in [2.05, 4.69) is 5.32 Å². The molecule has 0 aromatic rings. The summed E-state index contributed by atoms with van der Waals surface area (Å²) in [7, 11) is 1.76. The van der Waals surface area contributed by atoms with Gasteiger partial charge in [0.05, 0.1) is 0 Å². The second-order valence-corrected chi connectivity index (χ2v) is 5.99. The molecule has 5 heteroatoms. The largest absolute Gasteiger partial charge is 0.444 e. The van der Waals surface area contributed by atoms with Crippen LogP contribution in [0.5, 0.6) is 0 Å². The van der Waals surface area contributed by atoms with Crippen LogP contribution in [0, 0.1) is 5.92 Å². The number of carbonyl (C=O) groups is 2. The number of hydrogen-bond donors (Lipinski definition) is 1. The van der Waals surface area contributed by atoms with E-state index in [0.29, 0.717) is 6.54 Å². The molecule has 0 bridgehead atoms. The van der Waals surface area contributed by atoms with Crippen molar-refractivity contribution >= 4 is 12.0 Å². The summed E-state index contributed by atoms with van der Waals surface area (Å²) in [6, 6.07) is -0.0611. The molecule has 19 heavy (non-hydrogen) atoms. The number of hydrogen-bond acceptors (Lipinski definition) is 3. The Bertz CT molecular complexity index is 310. The van der Waals surface area contributed by atoms with Gasteiger partial charge in [0.1, 0.15) is 5.60 Å². The van der Waals surface area contributed by atoms with Gasteiger partial charge in [-0.1, -0.05) is 13.8 Å². The molecule has 0 rings (SSSR count). The number of carbonyl (C=O) groups excluding carboxylic acids is 2. The zero-order chi connectivity index (χ0) is 15.2. The molecule has 0 aliphatic carbocycles. The van der Waals surface area contributed by atoms with Crippen molar-refractivity contribution in [3.05, 3.63) is 0 Å². The first kappa shape index (κ1) is 17.7. The van der Waals surface area contributed by atoms with Crippen LogP contribution in [-0.2, 0) is 9.53 Å². The van der Waals surface area contributed by atoms with E-state index in [1.165, 1.54) is 0 Å². The number of nitrogens with zero attached hydrogens (tertiary/aromatic N) is 1. The maximum Gasteiger partial charge on any atom is 0.407 e. The fourth-order valence-electron chi connectivity index (χ4n) is 1.42. The first-order valence-corrected chi connectivity index (χ1v) is 6.82. The minimum Gasteiger partial charge on any atom is -0.444 e. The molecule has 0 aliphatic rings. The Balaban J connectivity index is 4.21. The van der Waals surface area contributed by atoms with Crippen LogP contribution in [0.4, 0.5) is 4.79 Å². The Kier molecular flexibility index (Phi) is 6.87. The lowest BCUT2D eigenvalue weighted by molar-refractivity contribution is -0.135. The Hall–Kier alpha value is -1.26. The van der Waals surface area contributed by atoms with Gasteiger partial charge in [-0.05, 0) is 34.1 Å². The lowest BCUT2D eigenvalue weighted by Crippen LogP contribution is -2.45. The van der Waals surface area contributed by atoms with Crippen molar-refractivity contribution < 1.29 is 14.3 Å². The van der Waals surface area contributed by atoms with Crippen molar-refractivity contribution in [1.82, 2.24) is 10.2 Å². The molecule has 5 nitrogen and oxygen atoms in total. The molecule has 0 saturated carbocycles. The molecule has 2 atom stereocenters. The molecular formula is C14H28N2O3. The van der Waals surface area contributed by atoms with Crippen molar-refractivity contribution in [2.45, 2.75) is 59.6 Å². The molecule has 2 unspecified atom stereocenters. The number of alkyl carbamates (subject to hydrolysis) is 1. The van der Waals surface area contributed by atoms with Crippen LogP contribution in [0.3, 0.4) is 0 Å². The molecule has 0 radical (unpaired) electrons. The summed E-state index contributed by atoms with van der Waals surface area (Å²) >= 11 is 0. The topological polar surface area (TPSA) is 58.6 Å².